The topological polar surface area (TPSA) is 17.6 Å². The first-order chi connectivity index (χ1) is 9.58. The van der Waals surface area contributed by atoms with E-state index in [1.165, 1.54) is 19.0 Å². The van der Waals surface area contributed by atoms with Crippen LogP contribution in [0.5, 0.6) is 0 Å². The van der Waals surface area contributed by atoms with Crippen molar-refractivity contribution in [1.82, 2.24) is 9.13 Å². The molecule has 6 heteroatoms. The summed E-state index contributed by atoms with van der Waals surface area (Å²) in [5.74, 6) is 0. The Morgan fingerprint density at radius 1 is 0.850 bits per heavy atom. The van der Waals surface area contributed by atoms with Gasteiger partial charge in [-0.1, -0.05) is 6.07 Å². The van der Waals surface area contributed by atoms with E-state index in [-0.39, 0.29) is 0 Å². The van der Waals surface area contributed by atoms with Crippen LogP contribution in [0.25, 0.3) is 11.4 Å². The van der Waals surface area contributed by atoms with Crippen molar-refractivity contribution >= 4 is 45.2 Å². The smallest absolute Gasteiger partial charge is 0.228 e. The summed E-state index contributed by atoms with van der Waals surface area (Å²) in [6.45, 7) is 0. The van der Waals surface area contributed by atoms with E-state index in [9.17, 15) is 0 Å². The molecule has 102 valence electrons. The Balaban J connectivity index is 2.11. The normalized spacial score (nSPS) is 11.0. The summed E-state index contributed by atoms with van der Waals surface area (Å²) in [6.07, 6.45) is 8.30. The Kier molecular flexibility index (Phi) is 3.85. The zero-order chi connectivity index (χ0) is 14.3. The molecule has 2 heterocycles. The van der Waals surface area contributed by atoms with Crippen LogP contribution < -0.4 is 9.13 Å². The highest BCUT2D eigenvalue weighted by Gasteiger charge is 2.17. The SMILES string of the molecule is C[n+]1ccn(-c2cccc(-n3cc[n+](C)c3I)c2)c1I. The van der Waals surface area contributed by atoms with E-state index in [1.807, 2.05) is 0 Å². The van der Waals surface area contributed by atoms with Gasteiger partial charge in [-0.3, -0.25) is 0 Å². The molecule has 0 aliphatic carbocycles. The molecule has 0 spiro atoms. The molecule has 0 saturated carbocycles. The predicted molar refractivity (Wildman–Crippen MR) is 92.9 cm³/mol. The molecule has 0 saturated heterocycles. The molecule has 0 N–H and O–H groups in total. The summed E-state index contributed by atoms with van der Waals surface area (Å²) in [7, 11) is 4.11. The third kappa shape index (κ3) is 2.39. The molecule has 0 aliphatic rings. The Hall–Kier alpha value is -0.900. The maximum Gasteiger partial charge on any atom is 0.322 e. The Bertz CT molecular complexity index is 712. The van der Waals surface area contributed by atoms with Crippen molar-refractivity contribution in [2.45, 2.75) is 0 Å². The molecule has 0 radical (unpaired) electrons. The van der Waals surface area contributed by atoms with Crippen molar-refractivity contribution in [3.05, 3.63) is 56.7 Å². The van der Waals surface area contributed by atoms with Crippen molar-refractivity contribution < 1.29 is 9.13 Å². The van der Waals surface area contributed by atoms with E-state index in [0.717, 1.165) is 0 Å². The Morgan fingerprint density at radius 3 is 1.65 bits per heavy atom. The second-order valence-electron chi connectivity index (χ2n) is 4.62. The second kappa shape index (κ2) is 5.47. The van der Waals surface area contributed by atoms with Gasteiger partial charge in [-0.05, 0) is 12.1 Å². The Morgan fingerprint density at radius 2 is 1.30 bits per heavy atom. The van der Waals surface area contributed by atoms with Crippen LogP contribution in [-0.4, -0.2) is 9.13 Å². The number of aryl methyl sites for hydroxylation is 2. The molecule has 0 unspecified atom stereocenters. The van der Waals surface area contributed by atoms with Gasteiger partial charge in [0.25, 0.3) is 0 Å². The standard InChI is InChI=1S/C14H14I2N4/c1-17-6-8-19(13(17)15)11-4-3-5-12(10-11)20-9-7-18(2)14(20)16/h3-10H,1-2H3/q+2. The number of halogens is 2. The molecule has 1 aromatic carbocycles. The molecular weight excluding hydrogens is 478 g/mol. The molecule has 0 amide bonds. The number of aromatic nitrogens is 4. The molecule has 2 aromatic heterocycles. The van der Waals surface area contributed by atoms with E-state index in [2.05, 4.69) is 127 Å². The lowest BCUT2D eigenvalue weighted by Crippen LogP contribution is -2.30. The van der Waals surface area contributed by atoms with Crippen LogP contribution in [0.2, 0.25) is 0 Å². The van der Waals surface area contributed by atoms with Crippen molar-refractivity contribution in [3.63, 3.8) is 0 Å². The van der Waals surface area contributed by atoms with Gasteiger partial charge in [-0.25, -0.2) is 9.13 Å². The van der Waals surface area contributed by atoms with E-state index >= 15 is 0 Å². The molecular formula is C14H14I2N4+2. The second-order valence-corrected chi connectivity index (χ2v) is 6.55. The summed E-state index contributed by atoms with van der Waals surface area (Å²) >= 11 is 4.71. The third-order valence-corrected chi connectivity index (χ3v) is 5.81. The van der Waals surface area contributed by atoms with Gasteiger partial charge in [0, 0.05) is 6.07 Å². The van der Waals surface area contributed by atoms with Gasteiger partial charge >= 0.3 is 7.66 Å². The number of nitrogens with zero attached hydrogens (tertiary/aromatic N) is 4. The molecule has 3 rings (SSSR count). The lowest BCUT2D eigenvalue weighted by Gasteiger charge is -2.01. The van der Waals surface area contributed by atoms with Crippen LogP contribution in [0.1, 0.15) is 0 Å². The van der Waals surface area contributed by atoms with Crippen LogP contribution in [0, 0.1) is 7.66 Å². The number of rotatable bonds is 2. The fourth-order valence-electron chi connectivity index (χ4n) is 2.10. The van der Waals surface area contributed by atoms with Crippen molar-refractivity contribution in [2.75, 3.05) is 0 Å². The van der Waals surface area contributed by atoms with Gasteiger partial charge in [-0.15, -0.1) is 0 Å². The van der Waals surface area contributed by atoms with E-state index < -0.39 is 0 Å². The zero-order valence-corrected chi connectivity index (χ0v) is 15.5. The fraction of sp³-hybridized carbons (Fsp3) is 0.143. The molecule has 3 aromatic rings. The summed E-state index contributed by atoms with van der Waals surface area (Å²) < 4.78 is 10.9. The molecule has 0 fully saturated rings. The maximum atomic E-state index is 2.35. The summed E-state index contributed by atoms with van der Waals surface area (Å²) in [5, 5.41) is 0. The third-order valence-electron chi connectivity index (χ3n) is 3.24. The maximum absolute atomic E-state index is 2.35. The average molecular weight is 492 g/mol. The number of hydrogen-bond acceptors (Lipinski definition) is 0. The van der Waals surface area contributed by atoms with Crippen LogP contribution >= 0.6 is 45.2 Å². The number of benzene rings is 1. The highest BCUT2D eigenvalue weighted by molar-refractivity contribution is 14.1. The summed E-state index contributed by atoms with van der Waals surface area (Å²) in [4.78, 5) is 0. The highest BCUT2D eigenvalue weighted by atomic mass is 127. The summed E-state index contributed by atoms with van der Waals surface area (Å²) in [6, 6.07) is 8.55. The van der Waals surface area contributed by atoms with Crippen LogP contribution in [0.15, 0.2) is 49.1 Å². The minimum Gasteiger partial charge on any atom is -0.228 e. The Labute approximate surface area is 144 Å². The lowest BCUT2D eigenvalue weighted by molar-refractivity contribution is -0.683. The van der Waals surface area contributed by atoms with E-state index in [1.54, 1.807) is 0 Å². The first kappa shape index (κ1) is 14.1. The monoisotopic (exact) mass is 492 g/mol. The molecule has 0 bridgehead atoms. The van der Waals surface area contributed by atoms with E-state index in [4.69, 9.17) is 0 Å². The van der Waals surface area contributed by atoms with Gasteiger partial charge in [0.05, 0.1) is 59.3 Å². The largest absolute Gasteiger partial charge is 0.322 e. The van der Waals surface area contributed by atoms with Crippen LogP contribution in [0.3, 0.4) is 0 Å². The van der Waals surface area contributed by atoms with Crippen molar-refractivity contribution in [1.29, 1.82) is 0 Å². The minimum absolute atomic E-state index is 1.17. The van der Waals surface area contributed by atoms with Crippen LogP contribution in [0.4, 0.5) is 0 Å². The lowest BCUT2D eigenvalue weighted by atomic mass is 10.2. The fourth-order valence-corrected chi connectivity index (χ4v) is 3.30. The van der Waals surface area contributed by atoms with Gasteiger partial charge in [-0.2, -0.15) is 9.13 Å². The quantitative estimate of drug-likeness (QED) is 0.386. The predicted octanol–water partition coefficient (Wildman–Crippen LogP) is 2.13. The highest BCUT2D eigenvalue weighted by Crippen LogP contribution is 2.17. The minimum atomic E-state index is 1.17. The average Bonchev–Trinajstić information content (AvgIpc) is 2.95. The molecule has 4 nitrogen and oxygen atoms in total. The molecule has 20 heavy (non-hydrogen) atoms. The molecule has 0 aliphatic heterocycles. The first-order valence-electron chi connectivity index (χ1n) is 6.13. The van der Waals surface area contributed by atoms with E-state index in [0.29, 0.717) is 0 Å². The van der Waals surface area contributed by atoms with Crippen molar-refractivity contribution in [2.24, 2.45) is 14.1 Å². The van der Waals surface area contributed by atoms with Gasteiger partial charge in [0.2, 0.25) is 0 Å². The van der Waals surface area contributed by atoms with Crippen LogP contribution in [-0.2, 0) is 14.1 Å². The zero-order valence-electron chi connectivity index (χ0n) is 11.2. The van der Waals surface area contributed by atoms with Gasteiger partial charge in [0.1, 0.15) is 36.2 Å². The van der Waals surface area contributed by atoms with Gasteiger partial charge < -0.3 is 0 Å². The number of hydrogen-bond donors (Lipinski definition) is 0. The molecule has 0 atom stereocenters. The van der Waals surface area contributed by atoms with Gasteiger partial charge in [0.15, 0.2) is 0 Å². The summed E-state index contributed by atoms with van der Waals surface area (Å²) in [5.41, 5.74) is 2.33. The number of imidazole rings is 2. The van der Waals surface area contributed by atoms with Crippen molar-refractivity contribution in [3.8, 4) is 11.4 Å². The first-order valence-corrected chi connectivity index (χ1v) is 8.29.